The average molecular weight is 290 g/mol. The second kappa shape index (κ2) is 8.43. The summed E-state index contributed by atoms with van der Waals surface area (Å²) in [7, 11) is 0. The number of hydrogen-bond acceptors (Lipinski definition) is 2. The maximum atomic E-state index is 12.4. The number of nitriles is 1. The van der Waals surface area contributed by atoms with Crippen LogP contribution in [0.15, 0.2) is 66.7 Å². The van der Waals surface area contributed by atoms with Gasteiger partial charge in [0.15, 0.2) is 0 Å². The van der Waals surface area contributed by atoms with Crippen LogP contribution in [0.3, 0.4) is 0 Å². The molecule has 1 amide bonds. The van der Waals surface area contributed by atoms with Crippen molar-refractivity contribution in [3.8, 4) is 6.07 Å². The molecule has 2 aromatic rings. The van der Waals surface area contributed by atoms with Crippen molar-refractivity contribution in [2.24, 2.45) is 0 Å². The minimum atomic E-state index is -0.0806. The molecule has 0 saturated carbocycles. The lowest BCUT2D eigenvalue weighted by atomic mass is 10.2. The minimum Gasteiger partial charge on any atom is -0.334 e. The van der Waals surface area contributed by atoms with Crippen LogP contribution in [0.2, 0.25) is 0 Å². The van der Waals surface area contributed by atoms with Crippen molar-refractivity contribution < 1.29 is 4.79 Å². The number of benzene rings is 2. The van der Waals surface area contributed by atoms with Gasteiger partial charge in [-0.3, -0.25) is 4.79 Å². The minimum absolute atomic E-state index is 0.0806. The number of amides is 1. The van der Waals surface area contributed by atoms with Crippen molar-refractivity contribution in [1.29, 1.82) is 5.26 Å². The van der Waals surface area contributed by atoms with Gasteiger partial charge < -0.3 is 4.90 Å². The van der Waals surface area contributed by atoms with Crippen LogP contribution in [0.5, 0.6) is 0 Å². The normalized spacial score (nSPS) is 10.3. The first-order valence-electron chi connectivity index (χ1n) is 7.22. The lowest BCUT2D eigenvalue weighted by Crippen LogP contribution is -2.29. The van der Waals surface area contributed by atoms with Crippen molar-refractivity contribution in [1.82, 2.24) is 4.90 Å². The lowest BCUT2D eigenvalue weighted by molar-refractivity contribution is -0.126. The third-order valence-electron chi connectivity index (χ3n) is 3.24. The molecular weight excluding hydrogens is 272 g/mol. The summed E-state index contributed by atoms with van der Waals surface area (Å²) in [6.45, 7) is 0.948. The topological polar surface area (TPSA) is 44.1 Å². The molecule has 0 aliphatic carbocycles. The Kier molecular flexibility index (Phi) is 5.95. The SMILES string of the molecule is N#CCCN(Cc1ccccc1)C(=O)/C=C/c1ccccc1. The molecule has 0 aromatic heterocycles. The van der Waals surface area contributed by atoms with Crippen LogP contribution in [-0.2, 0) is 11.3 Å². The van der Waals surface area contributed by atoms with Gasteiger partial charge in [-0.25, -0.2) is 0 Å². The highest BCUT2D eigenvalue weighted by Crippen LogP contribution is 2.08. The monoisotopic (exact) mass is 290 g/mol. The Morgan fingerprint density at radius 3 is 2.32 bits per heavy atom. The fourth-order valence-corrected chi connectivity index (χ4v) is 2.09. The summed E-state index contributed by atoms with van der Waals surface area (Å²) in [5.74, 6) is -0.0806. The van der Waals surface area contributed by atoms with E-state index < -0.39 is 0 Å². The first-order chi connectivity index (χ1) is 10.8. The van der Waals surface area contributed by atoms with Crippen molar-refractivity contribution in [3.05, 3.63) is 77.9 Å². The Labute approximate surface area is 131 Å². The van der Waals surface area contributed by atoms with Gasteiger partial charge in [-0.15, -0.1) is 0 Å². The molecule has 0 aliphatic heterocycles. The summed E-state index contributed by atoms with van der Waals surface area (Å²) < 4.78 is 0. The largest absolute Gasteiger partial charge is 0.334 e. The van der Waals surface area contributed by atoms with Crippen molar-refractivity contribution in [3.63, 3.8) is 0 Å². The van der Waals surface area contributed by atoms with Crippen molar-refractivity contribution in [2.75, 3.05) is 6.54 Å². The molecule has 0 spiro atoms. The van der Waals surface area contributed by atoms with E-state index in [2.05, 4.69) is 6.07 Å². The predicted molar refractivity (Wildman–Crippen MR) is 87.6 cm³/mol. The molecule has 0 unspecified atom stereocenters. The zero-order valence-corrected chi connectivity index (χ0v) is 12.4. The molecule has 3 heteroatoms. The Balaban J connectivity index is 2.06. The molecule has 0 saturated heterocycles. The quantitative estimate of drug-likeness (QED) is 0.762. The molecule has 0 radical (unpaired) electrons. The van der Waals surface area contributed by atoms with Crippen molar-refractivity contribution >= 4 is 12.0 Å². The van der Waals surface area contributed by atoms with Gasteiger partial charge in [0.05, 0.1) is 12.5 Å². The summed E-state index contributed by atoms with van der Waals surface area (Å²) in [5.41, 5.74) is 2.04. The molecule has 2 rings (SSSR count). The zero-order valence-electron chi connectivity index (χ0n) is 12.4. The van der Waals surface area contributed by atoms with E-state index in [0.717, 1.165) is 11.1 Å². The van der Waals surface area contributed by atoms with E-state index in [-0.39, 0.29) is 5.91 Å². The van der Waals surface area contributed by atoms with Crippen LogP contribution in [0, 0.1) is 11.3 Å². The molecular formula is C19H18N2O. The van der Waals surface area contributed by atoms with Gasteiger partial charge in [0.2, 0.25) is 5.91 Å². The molecule has 0 atom stereocenters. The maximum absolute atomic E-state index is 12.4. The molecule has 0 fully saturated rings. The van der Waals surface area contributed by atoms with Gasteiger partial charge in [0, 0.05) is 19.2 Å². The summed E-state index contributed by atoms with van der Waals surface area (Å²) in [4.78, 5) is 14.0. The zero-order chi connectivity index (χ0) is 15.6. The second-order valence-corrected chi connectivity index (χ2v) is 4.90. The number of carbonyl (C=O) groups is 1. The first kappa shape index (κ1) is 15.5. The van der Waals surface area contributed by atoms with Crippen LogP contribution in [-0.4, -0.2) is 17.4 Å². The van der Waals surface area contributed by atoms with Gasteiger partial charge in [-0.2, -0.15) is 5.26 Å². The van der Waals surface area contributed by atoms with Gasteiger partial charge in [-0.05, 0) is 17.2 Å². The number of carbonyl (C=O) groups excluding carboxylic acids is 1. The van der Waals surface area contributed by atoms with Crippen LogP contribution in [0.4, 0.5) is 0 Å². The molecule has 0 aliphatic rings. The molecule has 3 nitrogen and oxygen atoms in total. The maximum Gasteiger partial charge on any atom is 0.246 e. The highest BCUT2D eigenvalue weighted by molar-refractivity contribution is 5.91. The van der Waals surface area contributed by atoms with E-state index in [1.807, 2.05) is 60.7 Å². The summed E-state index contributed by atoms with van der Waals surface area (Å²) in [6, 6.07) is 21.6. The molecule has 0 heterocycles. The molecule has 22 heavy (non-hydrogen) atoms. The van der Waals surface area contributed by atoms with E-state index in [1.54, 1.807) is 17.1 Å². The van der Waals surface area contributed by atoms with E-state index >= 15 is 0 Å². The first-order valence-corrected chi connectivity index (χ1v) is 7.22. The highest BCUT2D eigenvalue weighted by atomic mass is 16.2. The summed E-state index contributed by atoms with van der Waals surface area (Å²) >= 11 is 0. The third kappa shape index (κ3) is 4.92. The smallest absolute Gasteiger partial charge is 0.246 e. The number of rotatable bonds is 6. The average Bonchev–Trinajstić information content (AvgIpc) is 2.58. The number of hydrogen-bond donors (Lipinski definition) is 0. The van der Waals surface area contributed by atoms with Crippen LogP contribution in [0.25, 0.3) is 6.08 Å². The lowest BCUT2D eigenvalue weighted by Gasteiger charge is -2.20. The highest BCUT2D eigenvalue weighted by Gasteiger charge is 2.10. The van der Waals surface area contributed by atoms with E-state index in [0.29, 0.717) is 19.5 Å². The van der Waals surface area contributed by atoms with Gasteiger partial charge in [0.25, 0.3) is 0 Å². The standard InChI is InChI=1S/C19H18N2O/c20-14-7-15-21(16-18-10-5-2-6-11-18)19(22)13-12-17-8-3-1-4-9-17/h1-6,8-13H,7,15-16H2/b13-12+. The van der Waals surface area contributed by atoms with Crippen molar-refractivity contribution in [2.45, 2.75) is 13.0 Å². The van der Waals surface area contributed by atoms with Gasteiger partial charge >= 0.3 is 0 Å². The molecule has 2 aromatic carbocycles. The van der Waals surface area contributed by atoms with Crippen LogP contribution in [0.1, 0.15) is 17.5 Å². The van der Waals surface area contributed by atoms with Crippen LogP contribution < -0.4 is 0 Å². The molecule has 0 bridgehead atoms. The Hall–Kier alpha value is -2.86. The van der Waals surface area contributed by atoms with E-state index in [1.165, 1.54) is 0 Å². The van der Waals surface area contributed by atoms with E-state index in [4.69, 9.17) is 5.26 Å². The summed E-state index contributed by atoms with van der Waals surface area (Å²) in [6.07, 6.45) is 3.69. The van der Waals surface area contributed by atoms with Gasteiger partial charge in [0.1, 0.15) is 0 Å². The molecule has 110 valence electrons. The fraction of sp³-hybridized carbons (Fsp3) is 0.158. The Bertz CT molecular complexity index is 657. The third-order valence-corrected chi connectivity index (χ3v) is 3.24. The summed E-state index contributed by atoms with van der Waals surface area (Å²) in [5, 5.41) is 8.76. The van der Waals surface area contributed by atoms with Crippen LogP contribution >= 0.6 is 0 Å². The second-order valence-electron chi connectivity index (χ2n) is 4.90. The van der Waals surface area contributed by atoms with E-state index in [9.17, 15) is 4.79 Å². The Morgan fingerprint density at radius 1 is 1.05 bits per heavy atom. The van der Waals surface area contributed by atoms with Gasteiger partial charge in [-0.1, -0.05) is 60.7 Å². The number of nitrogens with zero attached hydrogens (tertiary/aromatic N) is 2. The fourth-order valence-electron chi connectivity index (χ4n) is 2.09. The predicted octanol–water partition coefficient (Wildman–Crippen LogP) is 3.64. The Morgan fingerprint density at radius 2 is 1.68 bits per heavy atom. The molecule has 0 N–H and O–H groups in total.